The number of carbonyl (C=O) groups is 3. The molecule has 0 saturated carbocycles. The summed E-state index contributed by atoms with van der Waals surface area (Å²) in [6, 6.07) is 17.2. The van der Waals surface area contributed by atoms with E-state index in [1.165, 1.54) is 0 Å². The van der Waals surface area contributed by atoms with Crippen molar-refractivity contribution in [2.24, 2.45) is 0 Å². The zero-order valence-electron chi connectivity index (χ0n) is 26.5. The van der Waals surface area contributed by atoms with Gasteiger partial charge in [-0.1, -0.05) is 60.7 Å². The molecular weight excluding hydrogens is 561 g/mol. The van der Waals surface area contributed by atoms with Crippen LogP contribution in [0.1, 0.15) is 64.5 Å². The third-order valence-electron chi connectivity index (χ3n) is 8.72. The first-order chi connectivity index (χ1) is 21.0. The lowest BCUT2D eigenvalue weighted by molar-refractivity contribution is -0.140. The first-order valence-corrected chi connectivity index (χ1v) is 15.5. The maximum absolute atomic E-state index is 14.0. The third-order valence-corrected chi connectivity index (χ3v) is 8.72. The summed E-state index contributed by atoms with van der Waals surface area (Å²) >= 11 is 0. The average Bonchev–Trinajstić information content (AvgIpc) is 3.57. The molecule has 0 aromatic heterocycles. The van der Waals surface area contributed by atoms with Crippen LogP contribution in [-0.2, 0) is 41.4 Å². The standard InChI is InChI=1S/C33H46BN3O7/c1-32(2)33(3,4)44-34(43-32)28(19-13-21-41-5)36-29(38)27-18-12-20-37(27)30(39)26(22-24-14-8-6-9-15-24)35-31(40)42-23-25-16-10-7-11-17-25/h6-11,14-17,26-28H,12-13,18-23H2,1-5H3,(H,35,40)(H,36,38)/t26-,27?,28-/m1/s1. The molecule has 238 valence electrons. The van der Waals surface area contributed by atoms with E-state index in [1.807, 2.05) is 88.4 Å². The SMILES string of the molecule is COCCC[C@@H](NC(=O)C1CCCN1C(=O)[C@@H](Cc1ccccc1)NC(=O)OCc1ccccc1)B1OC(C)(C)C(C)(C)O1. The fraction of sp³-hybridized carbons (Fsp3) is 0.545. The van der Waals surface area contributed by atoms with Crippen LogP contribution in [0, 0.1) is 0 Å². The van der Waals surface area contributed by atoms with Gasteiger partial charge >= 0.3 is 13.2 Å². The normalized spacial score (nSPS) is 20.2. The number of hydrogen-bond acceptors (Lipinski definition) is 7. The van der Waals surface area contributed by atoms with Crippen molar-refractivity contribution in [1.29, 1.82) is 0 Å². The molecule has 2 fully saturated rings. The number of benzene rings is 2. The molecule has 10 nitrogen and oxygen atoms in total. The molecule has 1 unspecified atom stereocenters. The molecule has 44 heavy (non-hydrogen) atoms. The topological polar surface area (TPSA) is 115 Å². The smallest absolute Gasteiger partial charge is 0.445 e. The number of rotatable bonds is 13. The summed E-state index contributed by atoms with van der Waals surface area (Å²) in [6.07, 6.45) is 2.05. The van der Waals surface area contributed by atoms with Crippen molar-refractivity contribution in [3.05, 3.63) is 71.8 Å². The second-order valence-corrected chi connectivity index (χ2v) is 12.5. The maximum Gasteiger partial charge on any atom is 0.481 e. The molecule has 0 aliphatic carbocycles. The Hall–Kier alpha value is -3.41. The zero-order valence-corrected chi connectivity index (χ0v) is 26.5. The molecule has 4 rings (SSSR count). The molecule has 0 spiro atoms. The lowest BCUT2D eigenvalue weighted by Gasteiger charge is -2.32. The number of nitrogens with zero attached hydrogens (tertiary/aromatic N) is 1. The number of likely N-dealkylation sites (tertiary alicyclic amines) is 1. The largest absolute Gasteiger partial charge is 0.481 e. The molecule has 0 radical (unpaired) electrons. The Morgan fingerprint density at radius 3 is 2.18 bits per heavy atom. The van der Waals surface area contributed by atoms with Gasteiger partial charge in [0.25, 0.3) is 0 Å². The van der Waals surface area contributed by atoms with Crippen LogP contribution >= 0.6 is 0 Å². The van der Waals surface area contributed by atoms with E-state index in [2.05, 4.69) is 10.6 Å². The second-order valence-electron chi connectivity index (χ2n) is 12.5. The Labute approximate surface area is 261 Å². The molecule has 2 aliphatic rings. The lowest BCUT2D eigenvalue weighted by Crippen LogP contribution is -2.57. The van der Waals surface area contributed by atoms with Gasteiger partial charge in [0.2, 0.25) is 11.8 Å². The van der Waals surface area contributed by atoms with Crippen molar-refractivity contribution < 1.29 is 33.2 Å². The molecule has 0 bridgehead atoms. The minimum atomic E-state index is -0.908. The van der Waals surface area contributed by atoms with Gasteiger partial charge in [-0.3, -0.25) is 9.59 Å². The minimum Gasteiger partial charge on any atom is -0.445 e. The number of ether oxygens (including phenoxy) is 2. The van der Waals surface area contributed by atoms with E-state index < -0.39 is 42.4 Å². The quantitative estimate of drug-likeness (QED) is 0.261. The van der Waals surface area contributed by atoms with Crippen LogP contribution in [0.2, 0.25) is 0 Å². The summed E-state index contributed by atoms with van der Waals surface area (Å²) < 4.78 is 23.2. The molecule has 2 aromatic carbocycles. The molecule has 2 heterocycles. The van der Waals surface area contributed by atoms with Gasteiger partial charge in [-0.2, -0.15) is 0 Å². The summed E-state index contributed by atoms with van der Waals surface area (Å²) in [5.41, 5.74) is 0.617. The van der Waals surface area contributed by atoms with E-state index in [0.717, 1.165) is 11.1 Å². The highest BCUT2D eigenvalue weighted by atomic mass is 16.7. The van der Waals surface area contributed by atoms with Crippen molar-refractivity contribution >= 4 is 25.0 Å². The number of carbonyl (C=O) groups excluding carboxylic acids is 3. The van der Waals surface area contributed by atoms with Crippen LogP contribution in [0.25, 0.3) is 0 Å². The summed E-state index contributed by atoms with van der Waals surface area (Å²) in [6.45, 7) is 8.93. The van der Waals surface area contributed by atoms with Gasteiger partial charge in [-0.05, 0) is 64.5 Å². The van der Waals surface area contributed by atoms with Gasteiger partial charge in [-0.25, -0.2) is 4.79 Å². The van der Waals surface area contributed by atoms with Gasteiger partial charge in [0.15, 0.2) is 0 Å². The van der Waals surface area contributed by atoms with E-state index >= 15 is 0 Å². The highest BCUT2D eigenvalue weighted by Crippen LogP contribution is 2.38. The predicted molar refractivity (Wildman–Crippen MR) is 168 cm³/mol. The summed E-state index contributed by atoms with van der Waals surface area (Å²) in [5, 5.41) is 5.91. The monoisotopic (exact) mass is 607 g/mol. The van der Waals surface area contributed by atoms with E-state index in [0.29, 0.717) is 38.8 Å². The Morgan fingerprint density at radius 2 is 1.57 bits per heavy atom. The Balaban J connectivity index is 1.46. The molecule has 2 aromatic rings. The van der Waals surface area contributed by atoms with Crippen LogP contribution in [0.3, 0.4) is 0 Å². The minimum absolute atomic E-state index is 0.0804. The summed E-state index contributed by atoms with van der Waals surface area (Å²) in [7, 11) is 1.00. The Morgan fingerprint density at radius 1 is 0.955 bits per heavy atom. The van der Waals surface area contributed by atoms with Gasteiger partial charge in [-0.15, -0.1) is 0 Å². The summed E-state index contributed by atoms with van der Waals surface area (Å²) in [4.78, 5) is 42.2. The molecule has 3 atom stereocenters. The molecule has 2 N–H and O–H groups in total. The fourth-order valence-corrected chi connectivity index (χ4v) is 5.52. The van der Waals surface area contributed by atoms with Crippen molar-refractivity contribution in [2.45, 2.75) is 95.6 Å². The fourth-order valence-electron chi connectivity index (χ4n) is 5.52. The van der Waals surface area contributed by atoms with Crippen molar-refractivity contribution in [2.75, 3.05) is 20.3 Å². The number of hydrogen-bond donors (Lipinski definition) is 2. The maximum atomic E-state index is 14.0. The highest BCUT2D eigenvalue weighted by Gasteiger charge is 2.54. The van der Waals surface area contributed by atoms with E-state index in [9.17, 15) is 14.4 Å². The molecule has 11 heteroatoms. The average molecular weight is 608 g/mol. The van der Waals surface area contributed by atoms with Crippen LogP contribution in [-0.4, -0.2) is 79.4 Å². The van der Waals surface area contributed by atoms with Gasteiger partial charge < -0.3 is 34.3 Å². The number of methoxy groups -OCH3 is 1. The molecule has 2 saturated heterocycles. The van der Waals surface area contributed by atoms with Crippen molar-refractivity contribution in [3.8, 4) is 0 Å². The third kappa shape index (κ3) is 8.61. The number of alkyl carbamates (subject to hydrolysis) is 1. The van der Waals surface area contributed by atoms with E-state index in [1.54, 1.807) is 12.0 Å². The first-order valence-electron chi connectivity index (χ1n) is 15.5. The second kappa shape index (κ2) is 15.1. The van der Waals surface area contributed by atoms with Crippen molar-refractivity contribution in [3.63, 3.8) is 0 Å². The van der Waals surface area contributed by atoms with Crippen molar-refractivity contribution in [1.82, 2.24) is 15.5 Å². The lowest BCUT2D eigenvalue weighted by atomic mass is 9.75. The van der Waals surface area contributed by atoms with Crippen LogP contribution in [0.5, 0.6) is 0 Å². The molecule has 2 aliphatic heterocycles. The van der Waals surface area contributed by atoms with Gasteiger partial charge in [0.1, 0.15) is 18.7 Å². The van der Waals surface area contributed by atoms with Crippen LogP contribution in [0.15, 0.2) is 60.7 Å². The Bertz CT molecular complexity index is 1230. The number of nitrogens with one attached hydrogen (secondary N) is 2. The highest BCUT2D eigenvalue weighted by molar-refractivity contribution is 6.48. The zero-order chi connectivity index (χ0) is 31.7. The summed E-state index contributed by atoms with van der Waals surface area (Å²) in [5.74, 6) is -1.02. The molecule has 3 amide bonds. The number of amides is 3. The van der Waals surface area contributed by atoms with E-state index in [-0.39, 0.29) is 24.8 Å². The van der Waals surface area contributed by atoms with Crippen LogP contribution < -0.4 is 10.6 Å². The van der Waals surface area contributed by atoms with E-state index in [4.69, 9.17) is 18.8 Å². The predicted octanol–water partition coefficient (Wildman–Crippen LogP) is 4.06. The molecular formula is C33H46BN3O7. The van der Waals surface area contributed by atoms with Gasteiger partial charge in [0.05, 0.1) is 17.1 Å². The van der Waals surface area contributed by atoms with Crippen LogP contribution in [0.4, 0.5) is 4.79 Å². The Kier molecular flexibility index (Phi) is 11.5. The first kappa shape index (κ1) is 33.5. The van der Waals surface area contributed by atoms with Gasteiger partial charge in [0, 0.05) is 26.7 Å².